The number of cyclic esters (lactones) is 1. The Balaban J connectivity index is 1.92. The molecule has 0 fully saturated rings. The number of ether oxygens (including phenoxy) is 2. The van der Waals surface area contributed by atoms with Crippen molar-refractivity contribution in [2.24, 2.45) is 0 Å². The van der Waals surface area contributed by atoms with Crippen molar-refractivity contribution in [1.29, 1.82) is 0 Å². The molecule has 0 aromatic heterocycles. The lowest BCUT2D eigenvalue weighted by atomic mass is 9.97. The Bertz CT molecular complexity index is 838. The molecule has 0 spiro atoms. The number of esters is 1. The fraction of sp³-hybridized carbons (Fsp3) is 0.348. The highest BCUT2D eigenvalue weighted by molar-refractivity contribution is 5.87. The van der Waals surface area contributed by atoms with E-state index >= 15 is 0 Å². The molecule has 0 N–H and O–H groups in total. The van der Waals surface area contributed by atoms with Crippen LogP contribution >= 0.6 is 0 Å². The van der Waals surface area contributed by atoms with Crippen molar-refractivity contribution in [2.75, 3.05) is 0 Å². The van der Waals surface area contributed by atoms with Gasteiger partial charge in [0.15, 0.2) is 0 Å². The minimum absolute atomic E-state index is 0.120. The Labute approximate surface area is 155 Å². The van der Waals surface area contributed by atoms with E-state index in [9.17, 15) is 4.79 Å². The second-order valence-corrected chi connectivity index (χ2v) is 6.97. The van der Waals surface area contributed by atoms with E-state index in [0.717, 1.165) is 36.0 Å². The summed E-state index contributed by atoms with van der Waals surface area (Å²) in [5, 5.41) is 2.38. The Morgan fingerprint density at radius 1 is 1.19 bits per heavy atom. The third-order valence-corrected chi connectivity index (χ3v) is 4.51. The maximum Gasteiger partial charge on any atom is 0.333 e. The molecule has 0 radical (unpaired) electrons. The summed E-state index contributed by atoms with van der Waals surface area (Å²) in [7, 11) is 0. The van der Waals surface area contributed by atoms with Crippen molar-refractivity contribution in [1.82, 2.24) is 0 Å². The summed E-state index contributed by atoms with van der Waals surface area (Å²) in [6.07, 6.45) is 5.75. The van der Waals surface area contributed by atoms with E-state index in [2.05, 4.69) is 37.3 Å². The highest BCUT2D eigenvalue weighted by Crippen LogP contribution is 2.34. The van der Waals surface area contributed by atoms with Crippen molar-refractivity contribution in [3.63, 3.8) is 0 Å². The molecule has 0 amide bonds. The lowest BCUT2D eigenvalue weighted by molar-refractivity contribution is -0.169. The van der Waals surface area contributed by atoms with Gasteiger partial charge in [-0.2, -0.15) is 0 Å². The molecule has 0 saturated carbocycles. The second kappa shape index (κ2) is 8.33. The van der Waals surface area contributed by atoms with E-state index in [0.29, 0.717) is 0 Å². The first-order valence-corrected chi connectivity index (χ1v) is 9.28. The SMILES string of the molecule is CCCCC(OC1OC(=O)C=C1C=C(C)C)c1cccc2ccccc12. The fourth-order valence-corrected chi connectivity index (χ4v) is 3.33. The average Bonchev–Trinajstić information content (AvgIpc) is 2.96. The van der Waals surface area contributed by atoms with Crippen LogP contribution in [-0.2, 0) is 14.3 Å². The zero-order valence-corrected chi connectivity index (χ0v) is 15.7. The third-order valence-electron chi connectivity index (χ3n) is 4.51. The van der Waals surface area contributed by atoms with Gasteiger partial charge in [-0.05, 0) is 36.6 Å². The van der Waals surface area contributed by atoms with Crippen LogP contribution in [0.3, 0.4) is 0 Å². The number of unbranched alkanes of at least 4 members (excludes halogenated alkanes) is 1. The van der Waals surface area contributed by atoms with Gasteiger partial charge in [0.25, 0.3) is 0 Å². The predicted octanol–water partition coefficient (Wildman–Crippen LogP) is 5.86. The van der Waals surface area contributed by atoms with Gasteiger partial charge in [0.2, 0.25) is 6.29 Å². The van der Waals surface area contributed by atoms with Crippen LogP contribution < -0.4 is 0 Å². The van der Waals surface area contributed by atoms with Crippen molar-refractivity contribution >= 4 is 16.7 Å². The van der Waals surface area contributed by atoms with E-state index in [4.69, 9.17) is 9.47 Å². The number of rotatable bonds is 7. The zero-order chi connectivity index (χ0) is 18.5. The van der Waals surface area contributed by atoms with Crippen molar-refractivity contribution in [3.8, 4) is 0 Å². The van der Waals surface area contributed by atoms with Gasteiger partial charge in [0.05, 0.1) is 6.10 Å². The van der Waals surface area contributed by atoms with Crippen LogP contribution in [0.2, 0.25) is 0 Å². The van der Waals surface area contributed by atoms with Gasteiger partial charge in [-0.15, -0.1) is 0 Å². The van der Waals surface area contributed by atoms with Gasteiger partial charge in [0.1, 0.15) is 0 Å². The minimum atomic E-state index is -0.641. The highest BCUT2D eigenvalue weighted by atomic mass is 16.7. The van der Waals surface area contributed by atoms with Crippen LogP contribution in [0.15, 0.2) is 65.8 Å². The molecule has 0 bridgehead atoms. The van der Waals surface area contributed by atoms with Crippen LogP contribution in [0.5, 0.6) is 0 Å². The summed E-state index contributed by atoms with van der Waals surface area (Å²) in [6, 6.07) is 14.6. The Morgan fingerprint density at radius 2 is 1.96 bits per heavy atom. The third kappa shape index (κ3) is 4.23. The van der Waals surface area contributed by atoms with Gasteiger partial charge in [-0.1, -0.05) is 73.9 Å². The number of hydrogen-bond acceptors (Lipinski definition) is 3. The van der Waals surface area contributed by atoms with Crippen LogP contribution in [-0.4, -0.2) is 12.3 Å². The monoisotopic (exact) mass is 350 g/mol. The largest absolute Gasteiger partial charge is 0.428 e. The molecule has 0 saturated heterocycles. The van der Waals surface area contributed by atoms with E-state index in [1.807, 2.05) is 32.1 Å². The Kier molecular flexibility index (Phi) is 5.89. The van der Waals surface area contributed by atoms with Crippen LogP contribution in [0, 0.1) is 0 Å². The van der Waals surface area contributed by atoms with Gasteiger partial charge in [0, 0.05) is 11.6 Å². The Morgan fingerprint density at radius 3 is 2.73 bits per heavy atom. The van der Waals surface area contributed by atoms with Crippen molar-refractivity contribution in [3.05, 3.63) is 71.3 Å². The van der Waals surface area contributed by atoms with Crippen LogP contribution in [0.1, 0.15) is 51.7 Å². The summed E-state index contributed by atoms with van der Waals surface area (Å²) in [6.45, 7) is 6.17. The molecular formula is C23H26O3. The second-order valence-electron chi connectivity index (χ2n) is 6.97. The van der Waals surface area contributed by atoms with Crippen molar-refractivity contribution in [2.45, 2.75) is 52.4 Å². The summed E-state index contributed by atoms with van der Waals surface area (Å²) in [4.78, 5) is 11.8. The van der Waals surface area contributed by atoms with Gasteiger partial charge < -0.3 is 9.47 Å². The zero-order valence-electron chi connectivity index (χ0n) is 15.7. The number of fused-ring (bicyclic) bond motifs is 1. The Hall–Kier alpha value is -2.39. The lowest BCUT2D eigenvalue weighted by Gasteiger charge is -2.24. The van der Waals surface area contributed by atoms with E-state index in [-0.39, 0.29) is 12.1 Å². The van der Waals surface area contributed by atoms with Crippen LogP contribution in [0.25, 0.3) is 10.8 Å². The lowest BCUT2D eigenvalue weighted by Crippen LogP contribution is -2.20. The first kappa shape index (κ1) is 18.4. The highest BCUT2D eigenvalue weighted by Gasteiger charge is 2.29. The summed E-state index contributed by atoms with van der Waals surface area (Å²) in [5.41, 5.74) is 3.05. The maximum atomic E-state index is 11.8. The molecule has 3 nitrogen and oxygen atoms in total. The molecule has 2 aromatic rings. The van der Waals surface area contributed by atoms with Crippen molar-refractivity contribution < 1.29 is 14.3 Å². The molecule has 1 heterocycles. The molecule has 2 unspecified atom stereocenters. The topological polar surface area (TPSA) is 35.5 Å². The minimum Gasteiger partial charge on any atom is -0.428 e. The smallest absolute Gasteiger partial charge is 0.333 e. The molecule has 1 aliphatic heterocycles. The number of carbonyl (C=O) groups is 1. The molecule has 2 atom stereocenters. The summed E-state index contributed by atoms with van der Waals surface area (Å²) < 4.78 is 11.8. The standard InChI is InChI=1S/C23H26O3/c1-4-5-13-21(20-12-8-10-17-9-6-7-11-19(17)20)25-23-18(14-16(2)3)15-22(24)26-23/h6-12,14-15,21,23H,4-5,13H2,1-3H3. The number of hydrogen-bond donors (Lipinski definition) is 0. The quantitative estimate of drug-likeness (QED) is 0.586. The normalized spacial score (nSPS) is 17.7. The number of benzene rings is 2. The van der Waals surface area contributed by atoms with Crippen LogP contribution in [0.4, 0.5) is 0 Å². The number of allylic oxidation sites excluding steroid dienone is 1. The molecule has 1 aliphatic rings. The fourth-order valence-electron chi connectivity index (χ4n) is 3.33. The van der Waals surface area contributed by atoms with E-state index in [1.165, 1.54) is 16.8 Å². The molecule has 2 aromatic carbocycles. The van der Waals surface area contributed by atoms with E-state index in [1.54, 1.807) is 0 Å². The van der Waals surface area contributed by atoms with Gasteiger partial charge in [-0.3, -0.25) is 0 Å². The molecule has 26 heavy (non-hydrogen) atoms. The molecule has 3 rings (SSSR count). The maximum absolute atomic E-state index is 11.8. The first-order valence-electron chi connectivity index (χ1n) is 9.28. The molecule has 0 aliphatic carbocycles. The first-order chi connectivity index (χ1) is 12.6. The predicted molar refractivity (Wildman–Crippen MR) is 105 cm³/mol. The summed E-state index contributed by atoms with van der Waals surface area (Å²) in [5.74, 6) is -0.338. The van der Waals surface area contributed by atoms with Gasteiger partial charge >= 0.3 is 5.97 Å². The average molecular weight is 350 g/mol. The molecule has 3 heteroatoms. The molecular weight excluding hydrogens is 324 g/mol. The summed E-state index contributed by atoms with van der Waals surface area (Å²) >= 11 is 0. The number of carbonyl (C=O) groups excluding carboxylic acids is 1. The van der Waals surface area contributed by atoms with E-state index < -0.39 is 6.29 Å². The van der Waals surface area contributed by atoms with Gasteiger partial charge in [-0.25, -0.2) is 4.79 Å². The molecule has 136 valence electrons.